The van der Waals surface area contributed by atoms with Gasteiger partial charge in [-0.25, -0.2) is 9.59 Å². The molecule has 2 N–H and O–H groups in total. The number of carbonyl (C=O) groups excluding carboxylic acids is 1. The number of hydrogen-bond donors (Lipinski definition) is 2. The first kappa shape index (κ1) is 10.9. The van der Waals surface area contributed by atoms with E-state index in [2.05, 4.69) is 6.58 Å². The molecule has 16 heavy (non-hydrogen) atoms. The van der Waals surface area contributed by atoms with Crippen molar-refractivity contribution in [3.63, 3.8) is 0 Å². The summed E-state index contributed by atoms with van der Waals surface area (Å²) in [6.07, 6.45) is 0.289. The number of carboxylic acids is 1. The highest BCUT2D eigenvalue weighted by Gasteiger charge is 2.48. The van der Waals surface area contributed by atoms with Crippen LogP contribution in [0.4, 0.5) is 0 Å². The van der Waals surface area contributed by atoms with Crippen LogP contribution in [-0.4, -0.2) is 34.4 Å². The molecule has 2 bridgehead atoms. The lowest BCUT2D eigenvalue weighted by Crippen LogP contribution is -2.35. The maximum Gasteiger partial charge on any atom is 0.331 e. The first-order valence-electron chi connectivity index (χ1n) is 5.01. The van der Waals surface area contributed by atoms with E-state index < -0.39 is 24.1 Å². The zero-order valence-corrected chi connectivity index (χ0v) is 8.55. The highest BCUT2D eigenvalue weighted by Crippen LogP contribution is 2.45. The third-order valence-corrected chi connectivity index (χ3v) is 3.15. The number of carbonyl (C=O) groups is 2. The Morgan fingerprint density at radius 1 is 1.44 bits per heavy atom. The van der Waals surface area contributed by atoms with Crippen molar-refractivity contribution in [1.82, 2.24) is 0 Å². The van der Waals surface area contributed by atoms with E-state index in [1.807, 2.05) is 0 Å². The van der Waals surface area contributed by atoms with Crippen LogP contribution < -0.4 is 0 Å². The van der Waals surface area contributed by atoms with Crippen molar-refractivity contribution in [2.45, 2.75) is 25.0 Å². The molecule has 0 heterocycles. The van der Waals surface area contributed by atoms with E-state index >= 15 is 0 Å². The van der Waals surface area contributed by atoms with Crippen molar-refractivity contribution in [2.24, 2.45) is 5.92 Å². The van der Waals surface area contributed by atoms with Crippen LogP contribution in [0.1, 0.15) is 12.8 Å². The molecule has 0 radical (unpaired) electrons. The minimum Gasteiger partial charge on any atom is -0.478 e. The summed E-state index contributed by atoms with van der Waals surface area (Å²) in [6, 6.07) is 0. The Labute approximate surface area is 92.0 Å². The summed E-state index contributed by atoms with van der Waals surface area (Å²) in [4.78, 5) is 21.9. The predicted molar refractivity (Wildman–Crippen MR) is 53.5 cm³/mol. The smallest absolute Gasteiger partial charge is 0.331 e. The van der Waals surface area contributed by atoms with Gasteiger partial charge in [0.1, 0.15) is 12.2 Å². The van der Waals surface area contributed by atoms with Gasteiger partial charge in [-0.2, -0.15) is 0 Å². The normalized spacial score (nSPS) is 31.7. The Morgan fingerprint density at radius 2 is 2.12 bits per heavy atom. The number of fused-ring (bicyclic) bond motifs is 2. The highest BCUT2D eigenvalue weighted by atomic mass is 16.6. The van der Waals surface area contributed by atoms with Crippen molar-refractivity contribution < 1.29 is 24.5 Å². The molecule has 1 fully saturated rings. The van der Waals surface area contributed by atoms with Gasteiger partial charge in [0.2, 0.25) is 0 Å². The van der Waals surface area contributed by atoms with Gasteiger partial charge in [-0.05, 0) is 18.4 Å². The lowest BCUT2D eigenvalue weighted by atomic mass is 9.94. The molecule has 0 amide bonds. The molecule has 0 aliphatic heterocycles. The molecule has 5 heteroatoms. The lowest BCUT2D eigenvalue weighted by Gasteiger charge is -2.24. The van der Waals surface area contributed by atoms with E-state index in [1.165, 1.54) is 0 Å². The predicted octanol–water partition coefficient (Wildman–Crippen LogP) is 0.250. The van der Waals surface area contributed by atoms with Crippen LogP contribution >= 0.6 is 0 Å². The molecule has 3 unspecified atom stereocenters. The second-order valence-corrected chi connectivity index (χ2v) is 4.03. The summed E-state index contributed by atoms with van der Waals surface area (Å²) in [7, 11) is 0. The van der Waals surface area contributed by atoms with Crippen LogP contribution in [0.2, 0.25) is 0 Å². The molecular formula is C11H12O5. The average molecular weight is 224 g/mol. The second-order valence-electron chi connectivity index (χ2n) is 4.03. The Balaban J connectivity index is 2.17. The van der Waals surface area contributed by atoms with Gasteiger partial charge in [-0.15, -0.1) is 0 Å². The third kappa shape index (κ3) is 1.53. The average Bonchev–Trinajstić information content (AvgIpc) is 2.78. The van der Waals surface area contributed by atoms with Crippen LogP contribution in [0.25, 0.3) is 0 Å². The number of aliphatic hydroxyl groups excluding tert-OH is 1. The molecule has 3 atom stereocenters. The van der Waals surface area contributed by atoms with Crippen molar-refractivity contribution >= 4 is 11.9 Å². The molecule has 86 valence electrons. The van der Waals surface area contributed by atoms with Crippen LogP contribution in [0.15, 0.2) is 23.8 Å². The molecular weight excluding hydrogens is 212 g/mol. The fourth-order valence-corrected chi connectivity index (χ4v) is 2.43. The third-order valence-electron chi connectivity index (χ3n) is 3.15. The number of aliphatic carboxylic acids is 1. The fourth-order valence-electron chi connectivity index (χ4n) is 2.43. The number of carboxylic acid groups (broad SMARTS) is 1. The molecule has 0 aromatic rings. The summed E-state index contributed by atoms with van der Waals surface area (Å²) in [5.41, 5.74) is 0.766. The monoisotopic (exact) mass is 224 g/mol. The van der Waals surface area contributed by atoms with Crippen LogP contribution in [0, 0.1) is 5.92 Å². The maximum absolute atomic E-state index is 11.0. The van der Waals surface area contributed by atoms with Gasteiger partial charge < -0.3 is 14.9 Å². The number of rotatable bonds is 3. The lowest BCUT2D eigenvalue weighted by molar-refractivity contribution is -0.149. The summed E-state index contributed by atoms with van der Waals surface area (Å²) < 4.78 is 5.00. The molecule has 0 spiro atoms. The number of esters is 1. The maximum atomic E-state index is 11.0. The molecule has 2 aliphatic carbocycles. The first-order valence-corrected chi connectivity index (χ1v) is 5.01. The van der Waals surface area contributed by atoms with Gasteiger partial charge in [0.25, 0.3) is 0 Å². The van der Waals surface area contributed by atoms with Crippen LogP contribution in [0.3, 0.4) is 0 Å². The SMILES string of the molecule is C=CC(=O)OC1C2CC(C(=O)O)=C(C2)C1O. The standard InChI is InChI=1S/C11H12O5/c1-2-8(12)16-10-5-3-6(9(10)13)7(4-5)11(14)15/h2,5,9-10,13H,1,3-4H2,(H,14,15). The number of aliphatic hydroxyl groups is 1. The van der Waals surface area contributed by atoms with E-state index in [9.17, 15) is 14.7 Å². The van der Waals surface area contributed by atoms with E-state index in [1.54, 1.807) is 0 Å². The van der Waals surface area contributed by atoms with Crippen molar-refractivity contribution in [3.05, 3.63) is 23.8 Å². The summed E-state index contributed by atoms with van der Waals surface area (Å²) in [5, 5.41) is 18.7. The topological polar surface area (TPSA) is 83.8 Å². The van der Waals surface area contributed by atoms with Crippen LogP contribution in [-0.2, 0) is 14.3 Å². The zero-order chi connectivity index (χ0) is 11.9. The zero-order valence-electron chi connectivity index (χ0n) is 8.55. The number of hydrogen-bond acceptors (Lipinski definition) is 4. The molecule has 2 aliphatic rings. The van der Waals surface area contributed by atoms with E-state index in [0.29, 0.717) is 18.4 Å². The Hall–Kier alpha value is -1.62. The Bertz CT molecular complexity index is 395. The summed E-state index contributed by atoms with van der Waals surface area (Å²) in [6.45, 7) is 3.27. The van der Waals surface area contributed by atoms with Crippen molar-refractivity contribution in [1.29, 1.82) is 0 Å². The summed E-state index contributed by atoms with van der Waals surface area (Å²) >= 11 is 0. The Kier molecular flexibility index (Phi) is 2.55. The van der Waals surface area contributed by atoms with Crippen LogP contribution in [0.5, 0.6) is 0 Å². The first-order chi connectivity index (χ1) is 7.54. The van der Waals surface area contributed by atoms with Crippen molar-refractivity contribution in [3.8, 4) is 0 Å². The molecule has 1 saturated carbocycles. The largest absolute Gasteiger partial charge is 0.478 e. The molecule has 5 nitrogen and oxygen atoms in total. The highest BCUT2D eigenvalue weighted by molar-refractivity contribution is 5.89. The minimum atomic E-state index is -0.995. The minimum absolute atomic E-state index is 0.111. The molecule has 2 rings (SSSR count). The van der Waals surface area contributed by atoms with E-state index in [4.69, 9.17) is 9.84 Å². The molecule has 0 aromatic heterocycles. The van der Waals surface area contributed by atoms with Gasteiger partial charge in [0.05, 0.1) is 0 Å². The molecule has 0 saturated heterocycles. The van der Waals surface area contributed by atoms with E-state index in [0.717, 1.165) is 6.08 Å². The van der Waals surface area contributed by atoms with Gasteiger partial charge >= 0.3 is 11.9 Å². The second kappa shape index (κ2) is 3.75. The molecule has 0 aromatic carbocycles. The van der Waals surface area contributed by atoms with Gasteiger partial charge in [0.15, 0.2) is 0 Å². The van der Waals surface area contributed by atoms with Gasteiger partial charge in [-0.3, -0.25) is 0 Å². The van der Waals surface area contributed by atoms with Crippen molar-refractivity contribution in [2.75, 3.05) is 0 Å². The number of ether oxygens (including phenoxy) is 1. The fraction of sp³-hybridized carbons (Fsp3) is 0.455. The van der Waals surface area contributed by atoms with Gasteiger partial charge in [0, 0.05) is 17.6 Å². The van der Waals surface area contributed by atoms with E-state index in [-0.39, 0.29) is 11.5 Å². The Morgan fingerprint density at radius 3 is 2.62 bits per heavy atom. The quantitative estimate of drug-likeness (QED) is 0.530. The van der Waals surface area contributed by atoms with Gasteiger partial charge in [-0.1, -0.05) is 6.58 Å². The summed E-state index contributed by atoms with van der Waals surface area (Å²) in [5.74, 6) is -1.70.